The van der Waals surface area contributed by atoms with Crippen molar-refractivity contribution in [1.29, 1.82) is 0 Å². The third kappa shape index (κ3) is 1.90. The van der Waals surface area contributed by atoms with Crippen LogP contribution in [-0.2, 0) is 5.67 Å². The Morgan fingerprint density at radius 2 is 2.21 bits per heavy atom. The Bertz CT molecular complexity index is 281. The second kappa shape index (κ2) is 4.00. The van der Waals surface area contributed by atoms with Gasteiger partial charge in [-0.2, -0.15) is 0 Å². The van der Waals surface area contributed by atoms with E-state index >= 15 is 0 Å². The lowest BCUT2D eigenvalue weighted by molar-refractivity contribution is 0.138. The molecule has 1 aromatic rings. The molecule has 1 fully saturated rings. The molecule has 1 aliphatic heterocycles. The van der Waals surface area contributed by atoms with Crippen LogP contribution in [-0.4, -0.2) is 23.1 Å². The van der Waals surface area contributed by atoms with E-state index in [1.807, 2.05) is 0 Å². The summed E-state index contributed by atoms with van der Waals surface area (Å²) in [6.45, 7) is 1.61. The molecule has 14 heavy (non-hydrogen) atoms. The molecule has 4 heteroatoms. The highest BCUT2D eigenvalue weighted by atomic mass is 19.1. The van der Waals surface area contributed by atoms with E-state index in [9.17, 15) is 4.39 Å². The molecule has 0 aromatic carbocycles. The van der Waals surface area contributed by atoms with Gasteiger partial charge < -0.3 is 5.32 Å². The van der Waals surface area contributed by atoms with Crippen molar-refractivity contribution in [1.82, 2.24) is 15.3 Å². The topological polar surface area (TPSA) is 37.8 Å². The molecule has 0 bridgehead atoms. The Morgan fingerprint density at radius 3 is 3.00 bits per heavy atom. The second-order valence-corrected chi connectivity index (χ2v) is 3.66. The van der Waals surface area contributed by atoms with Gasteiger partial charge in [-0.3, -0.25) is 9.97 Å². The van der Waals surface area contributed by atoms with E-state index in [2.05, 4.69) is 15.3 Å². The van der Waals surface area contributed by atoms with E-state index in [1.54, 1.807) is 12.4 Å². The predicted molar refractivity (Wildman–Crippen MR) is 51.5 cm³/mol. The Hall–Kier alpha value is -1.03. The number of aromatic nitrogens is 2. The van der Waals surface area contributed by atoms with Crippen molar-refractivity contribution in [3.05, 3.63) is 24.3 Å². The highest BCUT2D eigenvalue weighted by Crippen LogP contribution is 2.33. The molecule has 76 valence electrons. The average molecular weight is 195 g/mol. The molecule has 0 radical (unpaired) electrons. The van der Waals surface area contributed by atoms with Crippen LogP contribution in [0.2, 0.25) is 0 Å². The molecule has 1 aliphatic rings. The zero-order valence-electron chi connectivity index (χ0n) is 8.04. The Morgan fingerprint density at radius 1 is 1.29 bits per heavy atom. The first-order valence-corrected chi connectivity index (χ1v) is 4.97. The highest BCUT2D eigenvalue weighted by molar-refractivity contribution is 5.08. The van der Waals surface area contributed by atoms with E-state index in [1.165, 1.54) is 6.20 Å². The summed E-state index contributed by atoms with van der Waals surface area (Å²) in [6, 6.07) is 0. The van der Waals surface area contributed by atoms with Crippen molar-refractivity contribution in [3.8, 4) is 0 Å². The molecule has 2 rings (SSSR count). The van der Waals surface area contributed by atoms with Gasteiger partial charge in [0, 0.05) is 12.4 Å². The Kier molecular flexibility index (Phi) is 2.72. The van der Waals surface area contributed by atoms with Gasteiger partial charge in [-0.1, -0.05) is 0 Å². The number of alkyl halides is 1. The van der Waals surface area contributed by atoms with Crippen LogP contribution in [0.1, 0.15) is 25.0 Å². The van der Waals surface area contributed by atoms with Crippen LogP contribution in [0.3, 0.4) is 0 Å². The summed E-state index contributed by atoms with van der Waals surface area (Å²) >= 11 is 0. The van der Waals surface area contributed by atoms with Gasteiger partial charge in [-0.25, -0.2) is 4.39 Å². The van der Waals surface area contributed by atoms with Crippen LogP contribution in [0.15, 0.2) is 18.6 Å². The number of hydrogen-bond donors (Lipinski definition) is 1. The Labute approximate surface area is 82.8 Å². The van der Waals surface area contributed by atoms with Crippen LogP contribution >= 0.6 is 0 Å². The zero-order chi connectivity index (χ0) is 9.86. The number of nitrogens with zero attached hydrogens (tertiary/aromatic N) is 2. The lowest BCUT2D eigenvalue weighted by Gasteiger charge is -2.21. The van der Waals surface area contributed by atoms with E-state index in [0.717, 1.165) is 13.0 Å². The molecule has 1 unspecified atom stereocenters. The SMILES string of the molecule is FC1(c2cnccn2)CCCNCC1. The normalized spacial score (nSPS) is 28.4. The second-order valence-electron chi connectivity index (χ2n) is 3.66. The van der Waals surface area contributed by atoms with Crippen LogP contribution in [0, 0.1) is 0 Å². The van der Waals surface area contributed by atoms with Crippen LogP contribution in [0.5, 0.6) is 0 Å². The minimum absolute atomic E-state index is 0.476. The first-order valence-electron chi connectivity index (χ1n) is 4.97. The molecule has 1 atom stereocenters. The van der Waals surface area contributed by atoms with Gasteiger partial charge in [0.05, 0.1) is 11.9 Å². The fourth-order valence-corrected chi connectivity index (χ4v) is 1.82. The largest absolute Gasteiger partial charge is 0.317 e. The van der Waals surface area contributed by atoms with Gasteiger partial charge in [-0.15, -0.1) is 0 Å². The number of nitrogens with one attached hydrogen (secondary N) is 1. The van der Waals surface area contributed by atoms with Crippen molar-refractivity contribution >= 4 is 0 Å². The van der Waals surface area contributed by atoms with Crippen molar-refractivity contribution in [3.63, 3.8) is 0 Å². The lowest BCUT2D eigenvalue weighted by atomic mass is 9.93. The smallest absolute Gasteiger partial charge is 0.155 e. The zero-order valence-corrected chi connectivity index (χ0v) is 8.04. The first kappa shape index (κ1) is 9.52. The van der Waals surface area contributed by atoms with Crippen molar-refractivity contribution < 1.29 is 4.39 Å². The fourth-order valence-electron chi connectivity index (χ4n) is 1.82. The average Bonchev–Trinajstić information content (AvgIpc) is 2.46. The summed E-state index contributed by atoms with van der Waals surface area (Å²) in [6.07, 6.45) is 6.54. The molecule has 2 heterocycles. The molecule has 3 nitrogen and oxygen atoms in total. The molecule has 0 amide bonds. The summed E-state index contributed by atoms with van der Waals surface area (Å²) in [5, 5.41) is 3.18. The third-order valence-electron chi connectivity index (χ3n) is 2.65. The molecule has 1 saturated heterocycles. The van der Waals surface area contributed by atoms with Crippen LogP contribution < -0.4 is 5.32 Å². The summed E-state index contributed by atoms with van der Waals surface area (Å²) in [5.41, 5.74) is -0.804. The van der Waals surface area contributed by atoms with Crippen LogP contribution in [0.4, 0.5) is 4.39 Å². The molecule has 1 aromatic heterocycles. The Balaban J connectivity index is 2.21. The maximum atomic E-state index is 14.4. The summed E-state index contributed by atoms with van der Waals surface area (Å²) in [7, 11) is 0. The van der Waals surface area contributed by atoms with Gasteiger partial charge in [0.25, 0.3) is 0 Å². The molecular formula is C10H14FN3. The van der Waals surface area contributed by atoms with Gasteiger partial charge in [-0.05, 0) is 32.4 Å². The molecule has 0 spiro atoms. The van der Waals surface area contributed by atoms with Crippen molar-refractivity contribution in [2.75, 3.05) is 13.1 Å². The van der Waals surface area contributed by atoms with Crippen LogP contribution in [0.25, 0.3) is 0 Å². The predicted octanol–water partition coefficient (Wildman–Crippen LogP) is 1.41. The van der Waals surface area contributed by atoms with Gasteiger partial charge in [0.1, 0.15) is 0 Å². The van der Waals surface area contributed by atoms with Gasteiger partial charge in [0.2, 0.25) is 0 Å². The maximum Gasteiger partial charge on any atom is 0.155 e. The highest BCUT2D eigenvalue weighted by Gasteiger charge is 2.33. The summed E-state index contributed by atoms with van der Waals surface area (Å²) in [4.78, 5) is 7.96. The maximum absolute atomic E-state index is 14.4. The van der Waals surface area contributed by atoms with Gasteiger partial charge in [0.15, 0.2) is 5.67 Å². The molecule has 0 saturated carbocycles. The number of hydrogen-bond acceptors (Lipinski definition) is 3. The molecular weight excluding hydrogens is 181 g/mol. The lowest BCUT2D eigenvalue weighted by Crippen LogP contribution is -2.23. The summed E-state index contributed by atoms with van der Waals surface area (Å²) < 4.78 is 14.4. The molecule has 0 aliphatic carbocycles. The monoisotopic (exact) mass is 195 g/mol. The van der Waals surface area contributed by atoms with E-state index in [0.29, 0.717) is 25.1 Å². The van der Waals surface area contributed by atoms with E-state index < -0.39 is 5.67 Å². The third-order valence-corrected chi connectivity index (χ3v) is 2.65. The van der Waals surface area contributed by atoms with Crippen molar-refractivity contribution in [2.45, 2.75) is 24.9 Å². The first-order chi connectivity index (χ1) is 6.81. The molecule has 1 N–H and O–H groups in total. The number of halogens is 1. The van der Waals surface area contributed by atoms with Gasteiger partial charge >= 0.3 is 0 Å². The number of rotatable bonds is 1. The minimum Gasteiger partial charge on any atom is -0.317 e. The van der Waals surface area contributed by atoms with E-state index in [-0.39, 0.29) is 0 Å². The van der Waals surface area contributed by atoms with E-state index in [4.69, 9.17) is 0 Å². The fraction of sp³-hybridized carbons (Fsp3) is 0.600. The standard InChI is InChI=1S/C10H14FN3/c11-10(2-1-4-12-5-3-10)9-8-13-6-7-14-9/h6-8,12H,1-5H2. The minimum atomic E-state index is -1.28. The summed E-state index contributed by atoms with van der Waals surface area (Å²) in [5.74, 6) is 0. The quantitative estimate of drug-likeness (QED) is 0.736. The van der Waals surface area contributed by atoms with Crippen molar-refractivity contribution in [2.24, 2.45) is 0 Å².